The van der Waals surface area contributed by atoms with Crippen molar-refractivity contribution in [2.75, 3.05) is 18.1 Å². The SMILES string of the molecule is [c]1nc(N2CCCN2)co1. The molecule has 2 rings (SSSR count). The van der Waals surface area contributed by atoms with E-state index in [0.717, 1.165) is 25.3 Å². The summed E-state index contributed by atoms with van der Waals surface area (Å²) in [6, 6.07) is 0. The van der Waals surface area contributed by atoms with Gasteiger partial charge in [0.15, 0.2) is 5.82 Å². The minimum atomic E-state index is 0.817. The van der Waals surface area contributed by atoms with Gasteiger partial charge in [-0.25, -0.2) is 5.43 Å². The predicted octanol–water partition coefficient (Wildman–Crippen LogP) is 0.189. The fourth-order valence-corrected chi connectivity index (χ4v) is 1.03. The van der Waals surface area contributed by atoms with Gasteiger partial charge in [0.25, 0.3) is 6.39 Å². The maximum Gasteiger partial charge on any atom is 0.285 e. The van der Waals surface area contributed by atoms with E-state index in [1.807, 2.05) is 5.01 Å². The van der Waals surface area contributed by atoms with Crippen molar-refractivity contribution in [3.05, 3.63) is 12.7 Å². The van der Waals surface area contributed by atoms with Crippen molar-refractivity contribution in [2.45, 2.75) is 6.42 Å². The molecule has 1 saturated heterocycles. The van der Waals surface area contributed by atoms with Crippen LogP contribution in [0.1, 0.15) is 6.42 Å². The summed E-state index contributed by atoms with van der Waals surface area (Å²) < 4.78 is 4.71. The topological polar surface area (TPSA) is 41.3 Å². The molecule has 0 bridgehead atoms. The summed E-state index contributed by atoms with van der Waals surface area (Å²) >= 11 is 0. The second-order valence-corrected chi connectivity index (χ2v) is 2.21. The Bertz CT molecular complexity index is 191. The van der Waals surface area contributed by atoms with Crippen molar-refractivity contribution < 1.29 is 4.42 Å². The fourth-order valence-electron chi connectivity index (χ4n) is 1.03. The first kappa shape index (κ1) is 5.73. The highest BCUT2D eigenvalue weighted by Gasteiger charge is 2.12. The Labute approximate surface area is 58.8 Å². The molecular weight excluding hydrogens is 130 g/mol. The number of hydrazine groups is 1. The van der Waals surface area contributed by atoms with Crippen molar-refractivity contribution in [1.82, 2.24) is 10.4 Å². The van der Waals surface area contributed by atoms with Gasteiger partial charge in [0.1, 0.15) is 6.26 Å². The number of oxazole rings is 1. The van der Waals surface area contributed by atoms with Gasteiger partial charge in [-0.1, -0.05) is 0 Å². The number of aromatic nitrogens is 1. The molecule has 1 aliphatic rings. The Kier molecular flexibility index (Phi) is 1.32. The van der Waals surface area contributed by atoms with E-state index in [4.69, 9.17) is 4.42 Å². The second-order valence-electron chi connectivity index (χ2n) is 2.21. The van der Waals surface area contributed by atoms with Gasteiger partial charge < -0.3 is 4.42 Å². The summed E-state index contributed by atoms with van der Waals surface area (Å²) in [7, 11) is 0. The molecule has 1 N–H and O–H groups in total. The molecule has 0 amide bonds. The summed E-state index contributed by atoms with van der Waals surface area (Å²) in [4.78, 5) is 3.87. The molecule has 53 valence electrons. The molecule has 4 nitrogen and oxygen atoms in total. The largest absolute Gasteiger partial charge is 0.439 e. The molecule has 10 heavy (non-hydrogen) atoms. The highest BCUT2D eigenvalue weighted by Crippen LogP contribution is 2.10. The van der Waals surface area contributed by atoms with Gasteiger partial charge in [0.05, 0.1) is 0 Å². The third-order valence-corrected chi connectivity index (χ3v) is 1.51. The number of nitrogens with zero attached hydrogens (tertiary/aromatic N) is 2. The van der Waals surface area contributed by atoms with E-state index >= 15 is 0 Å². The van der Waals surface area contributed by atoms with Crippen LogP contribution >= 0.6 is 0 Å². The normalized spacial score (nSPS) is 18.2. The summed E-state index contributed by atoms with van der Waals surface area (Å²) in [5.74, 6) is 0.817. The van der Waals surface area contributed by atoms with Gasteiger partial charge >= 0.3 is 0 Å². The van der Waals surface area contributed by atoms with E-state index in [1.165, 1.54) is 0 Å². The van der Waals surface area contributed by atoms with Crippen molar-refractivity contribution in [2.24, 2.45) is 0 Å². The molecule has 0 saturated carbocycles. The van der Waals surface area contributed by atoms with Crippen LogP contribution in [0, 0.1) is 6.39 Å². The van der Waals surface area contributed by atoms with E-state index in [9.17, 15) is 0 Å². The molecule has 1 radical (unpaired) electrons. The zero-order valence-electron chi connectivity index (χ0n) is 5.50. The lowest BCUT2D eigenvalue weighted by Gasteiger charge is -2.11. The number of hydrogen-bond donors (Lipinski definition) is 1. The lowest BCUT2D eigenvalue weighted by atomic mass is 10.5. The second kappa shape index (κ2) is 2.30. The smallest absolute Gasteiger partial charge is 0.285 e. The standard InChI is InChI=1S/C6H8N3O/c1-2-8-9(3-1)6-4-10-5-7-6/h4,8H,1-3H2. The number of nitrogens with one attached hydrogen (secondary N) is 1. The Hall–Kier alpha value is -1.03. The molecule has 1 fully saturated rings. The highest BCUT2D eigenvalue weighted by atomic mass is 16.3. The van der Waals surface area contributed by atoms with E-state index in [0.29, 0.717) is 0 Å². The average molecular weight is 138 g/mol. The minimum Gasteiger partial charge on any atom is -0.439 e. The van der Waals surface area contributed by atoms with Crippen molar-refractivity contribution in [1.29, 1.82) is 0 Å². The van der Waals surface area contributed by atoms with Crippen molar-refractivity contribution in [3.8, 4) is 0 Å². The first-order valence-electron chi connectivity index (χ1n) is 3.29. The van der Waals surface area contributed by atoms with Crippen LogP contribution in [0.4, 0.5) is 5.82 Å². The van der Waals surface area contributed by atoms with Crippen LogP contribution in [0.25, 0.3) is 0 Å². The monoisotopic (exact) mass is 138 g/mol. The number of anilines is 1. The Morgan fingerprint density at radius 1 is 1.80 bits per heavy atom. The van der Waals surface area contributed by atoms with Gasteiger partial charge in [-0.05, 0) is 6.42 Å². The van der Waals surface area contributed by atoms with E-state index in [1.54, 1.807) is 6.26 Å². The molecule has 1 aliphatic heterocycles. The number of rotatable bonds is 1. The Morgan fingerprint density at radius 2 is 2.80 bits per heavy atom. The molecule has 0 atom stereocenters. The molecule has 0 aromatic carbocycles. The van der Waals surface area contributed by atoms with Crippen molar-refractivity contribution in [3.63, 3.8) is 0 Å². The molecule has 1 aromatic heterocycles. The van der Waals surface area contributed by atoms with Crippen LogP contribution in [0.2, 0.25) is 0 Å². The first-order chi connectivity index (χ1) is 4.97. The summed E-state index contributed by atoms with van der Waals surface area (Å²) in [6.07, 6.45) is 5.14. The van der Waals surface area contributed by atoms with Crippen LogP contribution in [0.5, 0.6) is 0 Å². The van der Waals surface area contributed by atoms with Crippen LogP contribution in [-0.2, 0) is 0 Å². The number of hydrogen-bond acceptors (Lipinski definition) is 4. The maximum atomic E-state index is 4.71. The van der Waals surface area contributed by atoms with E-state index in [2.05, 4.69) is 16.8 Å². The molecule has 0 spiro atoms. The minimum absolute atomic E-state index is 0.817. The molecule has 2 heterocycles. The van der Waals surface area contributed by atoms with E-state index < -0.39 is 0 Å². The zero-order chi connectivity index (χ0) is 6.81. The van der Waals surface area contributed by atoms with E-state index in [-0.39, 0.29) is 0 Å². The van der Waals surface area contributed by atoms with Gasteiger partial charge in [0.2, 0.25) is 0 Å². The fraction of sp³-hybridized carbons (Fsp3) is 0.500. The molecule has 0 unspecified atom stereocenters. The van der Waals surface area contributed by atoms with Crippen LogP contribution < -0.4 is 10.4 Å². The lowest BCUT2D eigenvalue weighted by molar-refractivity contribution is 0.547. The molecule has 0 aliphatic carbocycles. The van der Waals surface area contributed by atoms with Gasteiger partial charge in [-0.15, -0.1) is 0 Å². The van der Waals surface area contributed by atoms with Crippen LogP contribution in [0.15, 0.2) is 10.7 Å². The van der Waals surface area contributed by atoms with Gasteiger partial charge in [-0.2, -0.15) is 4.98 Å². The third-order valence-electron chi connectivity index (χ3n) is 1.51. The highest BCUT2D eigenvalue weighted by molar-refractivity contribution is 5.32. The first-order valence-corrected chi connectivity index (χ1v) is 3.29. The molecule has 4 heteroatoms. The molecule has 1 aromatic rings. The summed E-state index contributed by atoms with van der Waals surface area (Å²) in [5.41, 5.74) is 3.15. The molecular formula is C6H8N3O. The van der Waals surface area contributed by atoms with Crippen LogP contribution in [0.3, 0.4) is 0 Å². The average Bonchev–Trinajstić information content (AvgIpc) is 2.59. The summed E-state index contributed by atoms with van der Waals surface area (Å²) in [6.45, 7) is 2.02. The van der Waals surface area contributed by atoms with Crippen LogP contribution in [-0.4, -0.2) is 18.1 Å². The zero-order valence-corrected chi connectivity index (χ0v) is 5.50. The van der Waals surface area contributed by atoms with Crippen molar-refractivity contribution >= 4 is 5.82 Å². The van der Waals surface area contributed by atoms with Gasteiger partial charge in [0, 0.05) is 13.1 Å². The summed E-state index contributed by atoms with van der Waals surface area (Å²) in [5, 5.41) is 1.96. The van der Waals surface area contributed by atoms with Gasteiger partial charge in [-0.3, -0.25) is 5.01 Å². The lowest BCUT2D eigenvalue weighted by Crippen LogP contribution is -2.30. The predicted molar refractivity (Wildman–Crippen MR) is 35.3 cm³/mol. The quantitative estimate of drug-likeness (QED) is 0.601. The Balaban J connectivity index is 2.12. The third kappa shape index (κ3) is 0.863. The maximum absolute atomic E-state index is 4.71. The Morgan fingerprint density at radius 3 is 3.40 bits per heavy atom.